The zero-order valence-corrected chi connectivity index (χ0v) is 11.4. The van der Waals surface area contributed by atoms with Crippen molar-refractivity contribution in [2.45, 2.75) is 19.4 Å². The molecule has 4 heteroatoms. The molecule has 2 N–H and O–H groups in total. The number of carbonyl (C=O) groups excluding carboxylic acids is 1. The molecule has 0 spiro atoms. The van der Waals surface area contributed by atoms with Gasteiger partial charge in [-0.15, -0.1) is 0 Å². The van der Waals surface area contributed by atoms with Gasteiger partial charge in [0.2, 0.25) is 0 Å². The Labute approximate surface area is 117 Å². The lowest BCUT2D eigenvalue weighted by molar-refractivity contribution is 0.0910. The molecule has 0 saturated carbocycles. The molecule has 104 valence electrons. The van der Waals surface area contributed by atoms with Gasteiger partial charge in [0.05, 0.1) is 5.54 Å². The van der Waals surface area contributed by atoms with Gasteiger partial charge in [0, 0.05) is 11.1 Å². The van der Waals surface area contributed by atoms with E-state index in [0.29, 0.717) is 11.1 Å². The highest BCUT2D eigenvalue weighted by atomic mass is 19.1. The fourth-order valence-electron chi connectivity index (χ4n) is 2.04. The highest BCUT2D eigenvalue weighted by Crippen LogP contribution is 2.23. The van der Waals surface area contributed by atoms with E-state index in [-0.39, 0.29) is 17.5 Å². The quantitative estimate of drug-likeness (QED) is 0.902. The molecule has 2 aromatic rings. The SMILES string of the molecule is CC(C)(NC(=O)c1cccc(O)c1)c1ccccc1F. The zero-order valence-electron chi connectivity index (χ0n) is 11.4. The molecular weight excluding hydrogens is 257 g/mol. The first-order chi connectivity index (χ1) is 9.40. The minimum Gasteiger partial charge on any atom is -0.508 e. The van der Waals surface area contributed by atoms with E-state index in [1.165, 1.54) is 18.2 Å². The van der Waals surface area contributed by atoms with E-state index in [4.69, 9.17) is 0 Å². The Balaban J connectivity index is 2.24. The van der Waals surface area contributed by atoms with Crippen LogP contribution in [-0.4, -0.2) is 11.0 Å². The molecule has 0 aromatic heterocycles. The lowest BCUT2D eigenvalue weighted by atomic mass is 9.93. The molecule has 0 saturated heterocycles. The molecule has 2 rings (SSSR count). The van der Waals surface area contributed by atoms with Crippen LogP contribution in [0.15, 0.2) is 48.5 Å². The predicted molar refractivity (Wildman–Crippen MR) is 75.0 cm³/mol. The molecule has 0 bridgehead atoms. The lowest BCUT2D eigenvalue weighted by Crippen LogP contribution is -2.41. The van der Waals surface area contributed by atoms with Crippen LogP contribution in [0.2, 0.25) is 0 Å². The molecule has 0 heterocycles. The molecule has 0 aliphatic rings. The van der Waals surface area contributed by atoms with Gasteiger partial charge in [-0.1, -0.05) is 24.3 Å². The normalized spacial score (nSPS) is 11.2. The Bertz CT molecular complexity index is 638. The summed E-state index contributed by atoms with van der Waals surface area (Å²) in [6.07, 6.45) is 0. The van der Waals surface area contributed by atoms with Crippen molar-refractivity contribution in [2.75, 3.05) is 0 Å². The first-order valence-corrected chi connectivity index (χ1v) is 6.27. The molecule has 3 nitrogen and oxygen atoms in total. The van der Waals surface area contributed by atoms with Crippen molar-refractivity contribution < 1.29 is 14.3 Å². The zero-order chi connectivity index (χ0) is 14.8. The fourth-order valence-corrected chi connectivity index (χ4v) is 2.04. The highest BCUT2D eigenvalue weighted by Gasteiger charge is 2.26. The molecule has 20 heavy (non-hydrogen) atoms. The summed E-state index contributed by atoms with van der Waals surface area (Å²) in [5.74, 6) is -0.718. The van der Waals surface area contributed by atoms with Crippen LogP contribution in [0.4, 0.5) is 4.39 Å². The number of halogens is 1. The van der Waals surface area contributed by atoms with Gasteiger partial charge in [0.1, 0.15) is 11.6 Å². The van der Waals surface area contributed by atoms with Crippen LogP contribution in [-0.2, 0) is 5.54 Å². The summed E-state index contributed by atoms with van der Waals surface area (Å²) in [4.78, 5) is 12.2. The van der Waals surface area contributed by atoms with E-state index in [9.17, 15) is 14.3 Å². The van der Waals surface area contributed by atoms with E-state index in [0.717, 1.165) is 0 Å². The molecular formula is C16H16FNO2. The van der Waals surface area contributed by atoms with E-state index >= 15 is 0 Å². The van der Waals surface area contributed by atoms with E-state index < -0.39 is 5.54 Å². The van der Waals surface area contributed by atoms with Crippen molar-refractivity contribution in [2.24, 2.45) is 0 Å². The van der Waals surface area contributed by atoms with Crippen molar-refractivity contribution in [3.8, 4) is 5.75 Å². The van der Waals surface area contributed by atoms with E-state index in [1.54, 1.807) is 44.2 Å². The summed E-state index contributed by atoms with van der Waals surface area (Å²) in [5, 5.41) is 12.1. The number of amides is 1. The van der Waals surface area contributed by atoms with Gasteiger partial charge >= 0.3 is 0 Å². The molecule has 0 unspecified atom stereocenters. The standard InChI is InChI=1S/C16H16FNO2/c1-16(2,13-8-3-4-9-14(13)17)18-15(20)11-6-5-7-12(19)10-11/h3-10,19H,1-2H3,(H,18,20). The van der Waals surface area contributed by atoms with Crippen LogP contribution in [0.3, 0.4) is 0 Å². The molecule has 0 fully saturated rings. The summed E-state index contributed by atoms with van der Waals surface area (Å²) in [6, 6.07) is 12.3. The van der Waals surface area contributed by atoms with Gasteiger partial charge in [0.25, 0.3) is 5.91 Å². The number of hydrogen-bond acceptors (Lipinski definition) is 2. The highest BCUT2D eigenvalue weighted by molar-refractivity contribution is 5.95. The third-order valence-corrected chi connectivity index (χ3v) is 3.08. The van der Waals surface area contributed by atoms with Crippen molar-refractivity contribution in [1.82, 2.24) is 5.32 Å². The summed E-state index contributed by atoms with van der Waals surface area (Å²) >= 11 is 0. The Morgan fingerprint density at radius 3 is 2.50 bits per heavy atom. The van der Waals surface area contributed by atoms with Gasteiger partial charge in [-0.25, -0.2) is 4.39 Å². The lowest BCUT2D eigenvalue weighted by Gasteiger charge is -2.27. The number of phenols is 1. The third-order valence-electron chi connectivity index (χ3n) is 3.08. The maximum absolute atomic E-state index is 13.8. The minimum absolute atomic E-state index is 0.0151. The summed E-state index contributed by atoms with van der Waals surface area (Å²) in [6.45, 7) is 3.46. The molecule has 0 aliphatic heterocycles. The Hall–Kier alpha value is -2.36. The number of hydrogen-bond donors (Lipinski definition) is 2. The minimum atomic E-state index is -0.853. The van der Waals surface area contributed by atoms with Gasteiger partial charge in [0.15, 0.2) is 0 Å². The average molecular weight is 273 g/mol. The van der Waals surface area contributed by atoms with Crippen molar-refractivity contribution in [3.63, 3.8) is 0 Å². The molecule has 0 aliphatic carbocycles. The topological polar surface area (TPSA) is 49.3 Å². The van der Waals surface area contributed by atoms with Crippen LogP contribution in [0.5, 0.6) is 5.75 Å². The first-order valence-electron chi connectivity index (χ1n) is 6.27. The van der Waals surface area contributed by atoms with Crippen LogP contribution >= 0.6 is 0 Å². The first kappa shape index (κ1) is 14.1. The van der Waals surface area contributed by atoms with Crippen molar-refractivity contribution in [3.05, 3.63) is 65.5 Å². The monoisotopic (exact) mass is 273 g/mol. The van der Waals surface area contributed by atoms with Crippen LogP contribution < -0.4 is 5.32 Å². The van der Waals surface area contributed by atoms with Gasteiger partial charge in [-0.2, -0.15) is 0 Å². The van der Waals surface area contributed by atoms with Crippen molar-refractivity contribution >= 4 is 5.91 Å². The van der Waals surface area contributed by atoms with Crippen LogP contribution in [0, 0.1) is 5.82 Å². The summed E-state index contributed by atoms with van der Waals surface area (Å²) in [5.41, 5.74) is -0.114. The second-order valence-electron chi connectivity index (χ2n) is 5.11. The number of carbonyl (C=O) groups is 1. The Morgan fingerprint density at radius 1 is 1.15 bits per heavy atom. The van der Waals surface area contributed by atoms with Crippen LogP contribution in [0.25, 0.3) is 0 Å². The average Bonchev–Trinajstić information content (AvgIpc) is 2.38. The van der Waals surface area contributed by atoms with Gasteiger partial charge in [-0.05, 0) is 38.1 Å². The molecule has 1 amide bonds. The molecule has 2 aromatic carbocycles. The second-order valence-corrected chi connectivity index (χ2v) is 5.11. The van der Waals surface area contributed by atoms with E-state index in [1.807, 2.05) is 0 Å². The number of phenolic OH excluding ortho intramolecular Hbond substituents is 1. The number of aromatic hydroxyl groups is 1. The van der Waals surface area contributed by atoms with Gasteiger partial charge in [-0.3, -0.25) is 4.79 Å². The fraction of sp³-hybridized carbons (Fsp3) is 0.188. The predicted octanol–water partition coefficient (Wildman–Crippen LogP) is 3.20. The largest absolute Gasteiger partial charge is 0.508 e. The van der Waals surface area contributed by atoms with E-state index in [2.05, 4.69) is 5.32 Å². The van der Waals surface area contributed by atoms with Crippen molar-refractivity contribution in [1.29, 1.82) is 0 Å². The summed E-state index contributed by atoms with van der Waals surface area (Å²) in [7, 11) is 0. The number of benzene rings is 2. The third kappa shape index (κ3) is 2.96. The maximum atomic E-state index is 13.8. The Morgan fingerprint density at radius 2 is 1.85 bits per heavy atom. The second kappa shape index (κ2) is 5.33. The number of nitrogens with one attached hydrogen (secondary N) is 1. The molecule has 0 radical (unpaired) electrons. The summed E-state index contributed by atoms with van der Waals surface area (Å²) < 4.78 is 13.8. The smallest absolute Gasteiger partial charge is 0.252 e. The maximum Gasteiger partial charge on any atom is 0.252 e. The number of rotatable bonds is 3. The van der Waals surface area contributed by atoms with Gasteiger partial charge < -0.3 is 10.4 Å². The van der Waals surface area contributed by atoms with Crippen LogP contribution in [0.1, 0.15) is 29.8 Å². The Kier molecular flexibility index (Phi) is 3.74. The molecule has 0 atom stereocenters.